The molecule has 0 aromatic heterocycles. The number of carbonyl (C=O) groups excluding carboxylic acids is 1. The van der Waals surface area contributed by atoms with Gasteiger partial charge in [0.05, 0.1) is 6.61 Å². The molecule has 6 nitrogen and oxygen atoms in total. The molecule has 3 rings (SSSR count). The lowest BCUT2D eigenvalue weighted by Gasteiger charge is -2.36. The fourth-order valence-corrected chi connectivity index (χ4v) is 3.87. The first-order valence-electron chi connectivity index (χ1n) is 10.3. The SMILES string of the molecule is C#CCOc1cc(Br)c(/C=C(/C#N)C(=O)N2CCN(c3ccccc3)CC2)cc1OCC. The first-order chi connectivity index (χ1) is 15.6. The number of hydrogen-bond acceptors (Lipinski definition) is 5. The zero-order chi connectivity index (χ0) is 22.9. The van der Waals surface area contributed by atoms with Gasteiger partial charge in [0.1, 0.15) is 18.2 Å². The van der Waals surface area contributed by atoms with Gasteiger partial charge in [-0.05, 0) is 42.8 Å². The Morgan fingerprint density at radius 2 is 1.84 bits per heavy atom. The van der Waals surface area contributed by atoms with E-state index in [9.17, 15) is 10.1 Å². The average molecular weight is 494 g/mol. The van der Waals surface area contributed by atoms with Crippen LogP contribution in [0, 0.1) is 23.7 Å². The molecule has 0 saturated carbocycles. The zero-order valence-corrected chi connectivity index (χ0v) is 19.5. The van der Waals surface area contributed by atoms with Gasteiger partial charge in [-0.25, -0.2) is 0 Å². The van der Waals surface area contributed by atoms with Crippen molar-refractivity contribution in [2.45, 2.75) is 6.92 Å². The van der Waals surface area contributed by atoms with Gasteiger partial charge in [0.2, 0.25) is 0 Å². The monoisotopic (exact) mass is 493 g/mol. The maximum atomic E-state index is 13.0. The Kier molecular flexibility index (Phi) is 8.19. The van der Waals surface area contributed by atoms with Crippen LogP contribution in [-0.4, -0.2) is 50.2 Å². The van der Waals surface area contributed by atoms with Crippen LogP contribution in [0.3, 0.4) is 0 Å². The van der Waals surface area contributed by atoms with Crippen molar-refractivity contribution in [1.82, 2.24) is 4.90 Å². The third-order valence-electron chi connectivity index (χ3n) is 5.01. The van der Waals surface area contributed by atoms with Gasteiger partial charge in [0.15, 0.2) is 11.5 Å². The minimum absolute atomic E-state index is 0.0682. The van der Waals surface area contributed by atoms with E-state index in [1.807, 2.05) is 25.1 Å². The summed E-state index contributed by atoms with van der Waals surface area (Å²) in [6.07, 6.45) is 6.85. The summed E-state index contributed by atoms with van der Waals surface area (Å²) in [5, 5.41) is 9.68. The highest BCUT2D eigenvalue weighted by atomic mass is 79.9. The topological polar surface area (TPSA) is 65.8 Å². The highest BCUT2D eigenvalue weighted by molar-refractivity contribution is 9.10. The van der Waals surface area contributed by atoms with Gasteiger partial charge in [-0.1, -0.05) is 40.0 Å². The van der Waals surface area contributed by atoms with Crippen molar-refractivity contribution in [1.29, 1.82) is 5.26 Å². The van der Waals surface area contributed by atoms with Gasteiger partial charge in [0.25, 0.3) is 5.91 Å². The number of carbonyl (C=O) groups is 1. The fraction of sp³-hybridized carbons (Fsp3) is 0.280. The molecule has 1 saturated heterocycles. The van der Waals surface area contributed by atoms with Crippen molar-refractivity contribution in [3.8, 4) is 29.9 Å². The molecular weight excluding hydrogens is 470 g/mol. The first kappa shape index (κ1) is 23.2. The number of halogens is 1. The predicted octanol–water partition coefficient (Wildman–Crippen LogP) is 4.12. The van der Waals surface area contributed by atoms with Crippen molar-refractivity contribution in [2.75, 3.05) is 44.3 Å². The minimum Gasteiger partial charge on any atom is -0.490 e. The maximum Gasteiger partial charge on any atom is 0.264 e. The standard InChI is InChI=1S/C25H24BrN3O3/c1-3-14-32-24-17-22(26)19(16-23(24)31-4-2)15-20(18-27)25(30)29-12-10-28(11-13-29)21-8-6-5-7-9-21/h1,5-9,15-17H,4,10-14H2,2H3/b20-15-. The molecule has 32 heavy (non-hydrogen) atoms. The summed E-state index contributed by atoms with van der Waals surface area (Å²) in [6, 6.07) is 15.6. The molecule has 0 radical (unpaired) electrons. The minimum atomic E-state index is -0.280. The summed E-state index contributed by atoms with van der Waals surface area (Å²) in [6.45, 7) is 4.95. The highest BCUT2D eigenvalue weighted by Crippen LogP contribution is 2.35. The van der Waals surface area contributed by atoms with Crippen LogP contribution in [0.25, 0.3) is 6.08 Å². The third kappa shape index (κ3) is 5.63. The van der Waals surface area contributed by atoms with Crippen molar-refractivity contribution in [2.24, 2.45) is 0 Å². The maximum absolute atomic E-state index is 13.0. The van der Waals surface area contributed by atoms with E-state index in [0.29, 0.717) is 54.3 Å². The smallest absolute Gasteiger partial charge is 0.264 e. The molecule has 1 aliphatic rings. The lowest BCUT2D eigenvalue weighted by atomic mass is 10.1. The summed E-state index contributed by atoms with van der Waals surface area (Å²) in [4.78, 5) is 17.0. The van der Waals surface area contributed by atoms with Gasteiger partial charge in [-0.3, -0.25) is 4.79 Å². The van der Waals surface area contributed by atoms with Gasteiger partial charge >= 0.3 is 0 Å². The second kappa shape index (κ2) is 11.3. The van der Waals surface area contributed by atoms with Crippen molar-refractivity contribution < 1.29 is 14.3 Å². The van der Waals surface area contributed by atoms with E-state index < -0.39 is 0 Å². The molecule has 0 bridgehead atoms. The lowest BCUT2D eigenvalue weighted by Crippen LogP contribution is -2.49. The van der Waals surface area contributed by atoms with E-state index in [4.69, 9.17) is 15.9 Å². The summed E-state index contributed by atoms with van der Waals surface area (Å²) < 4.78 is 11.9. The van der Waals surface area contributed by atoms with Crippen LogP contribution in [0.15, 0.2) is 52.5 Å². The van der Waals surface area contributed by atoms with E-state index in [2.05, 4.69) is 45.0 Å². The zero-order valence-electron chi connectivity index (χ0n) is 17.9. The van der Waals surface area contributed by atoms with Crippen LogP contribution in [0.5, 0.6) is 11.5 Å². The molecule has 0 spiro atoms. The van der Waals surface area contributed by atoms with Crippen LogP contribution in [0.2, 0.25) is 0 Å². The van der Waals surface area contributed by atoms with Crippen LogP contribution in [0.1, 0.15) is 12.5 Å². The number of ether oxygens (including phenoxy) is 2. The summed E-state index contributed by atoms with van der Waals surface area (Å²) in [5.41, 5.74) is 1.85. The van der Waals surface area contributed by atoms with Crippen molar-refractivity contribution >= 4 is 33.6 Å². The fourth-order valence-electron chi connectivity index (χ4n) is 3.44. The van der Waals surface area contributed by atoms with E-state index in [0.717, 1.165) is 5.69 Å². The lowest BCUT2D eigenvalue weighted by molar-refractivity contribution is -0.126. The molecule has 164 valence electrons. The number of piperazine rings is 1. The Hall–Kier alpha value is -3.42. The average Bonchev–Trinajstić information content (AvgIpc) is 2.83. The second-order valence-electron chi connectivity index (χ2n) is 7.03. The molecular formula is C25H24BrN3O3. The Labute approximate surface area is 197 Å². The summed E-state index contributed by atoms with van der Waals surface area (Å²) >= 11 is 3.49. The van der Waals surface area contributed by atoms with Crippen molar-refractivity contribution in [3.05, 3.63) is 58.1 Å². The van der Waals surface area contributed by atoms with Crippen LogP contribution >= 0.6 is 15.9 Å². The van der Waals surface area contributed by atoms with Crippen LogP contribution < -0.4 is 14.4 Å². The number of nitriles is 1. The normalized spacial score (nSPS) is 13.8. The molecule has 0 N–H and O–H groups in total. The summed E-state index contributed by atoms with van der Waals surface area (Å²) in [5.74, 6) is 3.14. The van der Waals surface area contributed by atoms with Gasteiger partial charge < -0.3 is 19.3 Å². The Bertz CT molecular complexity index is 1060. The molecule has 7 heteroatoms. The van der Waals surface area contributed by atoms with Gasteiger partial charge in [-0.15, -0.1) is 6.42 Å². The quantitative estimate of drug-likeness (QED) is 0.329. The number of para-hydroxylation sites is 1. The molecule has 1 aliphatic heterocycles. The van der Waals surface area contributed by atoms with E-state index >= 15 is 0 Å². The van der Waals surface area contributed by atoms with E-state index in [-0.39, 0.29) is 18.1 Å². The molecule has 1 amide bonds. The number of amides is 1. The number of nitrogens with zero attached hydrogens (tertiary/aromatic N) is 3. The van der Waals surface area contributed by atoms with E-state index in [1.165, 1.54) is 0 Å². The Morgan fingerprint density at radius 3 is 2.47 bits per heavy atom. The number of hydrogen-bond donors (Lipinski definition) is 0. The number of anilines is 1. The largest absolute Gasteiger partial charge is 0.490 e. The molecule has 0 unspecified atom stereocenters. The number of benzene rings is 2. The molecule has 0 aliphatic carbocycles. The Morgan fingerprint density at radius 1 is 1.16 bits per heavy atom. The van der Waals surface area contributed by atoms with Crippen molar-refractivity contribution in [3.63, 3.8) is 0 Å². The number of terminal acetylenes is 1. The molecule has 0 atom stereocenters. The van der Waals surface area contributed by atoms with Gasteiger partial charge in [-0.2, -0.15) is 5.26 Å². The van der Waals surface area contributed by atoms with Crippen LogP contribution in [0.4, 0.5) is 5.69 Å². The van der Waals surface area contributed by atoms with Gasteiger partial charge in [0, 0.05) is 36.3 Å². The second-order valence-corrected chi connectivity index (χ2v) is 7.89. The van der Waals surface area contributed by atoms with Crippen LogP contribution in [-0.2, 0) is 4.79 Å². The third-order valence-corrected chi connectivity index (χ3v) is 5.70. The number of rotatable bonds is 7. The molecule has 2 aromatic rings. The predicted molar refractivity (Wildman–Crippen MR) is 128 cm³/mol. The first-order valence-corrected chi connectivity index (χ1v) is 11.1. The van der Waals surface area contributed by atoms with E-state index in [1.54, 1.807) is 23.1 Å². The highest BCUT2D eigenvalue weighted by Gasteiger charge is 2.24. The molecule has 1 heterocycles. The molecule has 1 fully saturated rings. The summed E-state index contributed by atoms with van der Waals surface area (Å²) in [7, 11) is 0. The molecule has 2 aromatic carbocycles. The Balaban J connectivity index is 1.77.